The van der Waals surface area contributed by atoms with Crippen LogP contribution in [0.5, 0.6) is 11.5 Å². The molecule has 0 saturated carbocycles. The van der Waals surface area contributed by atoms with E-state index in [0.29, 0.717) is 31.3 Å². The number of amides is 1. The van der Waals surface area contributed by atoms with Crippen LogP contribution in [-0.4, -0.2) is 37.1 Å². The molecule has 29 heavy (non-hydrogen) atoms. The minimum atomic E-state index is -1.60. The molecule has 0 bridgehead atoms. The molecule has 0 radical (unpaired) electrons. The fourth-order valence-electron chi connectivity index (χ4n) is 3.78. The van der Waals surface area contributed by atoms with Crippen molar-refractivity contribution >= 4 is 11.6 Å². The first-order valence-corrected chi connectivity index (χ1v) is 9.60. The number of halogens is 3. The van der Waals surface area contributed by atoms with Crippen LogP contribution in [0.3, 0.4) is 0 Å². The second-order valence-electron chi connectivity index (χ2n) is 7.16. The number of rotatable bonds is 4. The number of nitrogens with one attached hydrogen (secondary N) is 1. The number of fused-ring (bicyclic) bond motifs is 1. The van der Waals surface area contributed by atoms with Gasteiger partial charge >= 0.3 is 0 Å². The molecule has 154 valence electrons. The summed E-state index contributed by atoms with van der Waals surface area (Å²) < 4.78 is 51.6. The van der Waals surface area contributed by atoms with Crippen molar-refractivity contribution in [2.75, 3.05) is 31.6 Å². The van der Waals surface area contributed by atoms with E-state index in [0.717, 1.165) is 37.0 Å². The monoisotopic (exact) mass is 406 g/mol. The quantitative estimate of drug-likeness (QED) is 0.779. The molecule has 2 aliphatic heterocycles. The molecular weight excluding hydrogens is 385 g/mol. The van der Waals surface area contributed by atoms with E-state index in [1.165, 1.54) is 0 Å². The number of anilines is 1. The van der Waals surface area contributed by atoms with Crippen LogP contribution in [0.1, 0.15) is 30.9 Å². The normalized spacial score (nSPS) is 19.1. The van der Waals surface area contributed by atoms with Gasteiger partial charge in [-0.2, -0.15) is 0 Å². The molecule has 0 unspecified atom stereocenters. The molecule has 1 saturated heterocycles. The van der Waals surface area contributed by atoms with Crippen LogP contribution in [0.15, 0.2) is 30.3 Å². The second kappa shape index (κ2) is 8.32. The Hall–Kier alpha value is -2.74. The van der Waals surface area contributed by atoms with E-state index in [-0.39, 0.29) is 18.3 Å². The molecule has 0 aromatic heterocycles. The SMILES string of the molecule is O=C(CN1CCC[C@@H]1c1ccc2c(c1)OCCCO2)Nc1ccc(F)c(F)c1F. The third-order valence-electron chi connectivity index (χ3n) is 5.18. The topological polar surface area (TPSA) is 50.8 Å². The Labute approximate surface area is 166 Å². The van der Waals surface area contributed by atoms with Gasteiger partial charge < -0.3 is 14.8 Å². The Kier molecular flexibility index (Phi) is 5.62. The number of nitrogens with zero attached hydrogens (tertiary/aromatic N) is 1. The molecular formula is C21H21F3N2O3. The number of carbonyl (C=O) groups excluding carboxylic acids is 1. The molecule has 4 rings (SSSR count). The summed E-state index contributed by atoms with van der Waals surface area (Å²) >= 11 is 0. The van der Waals surface area contributed by atoms with Gasteiger partial charge in [0.15, 0.2) is 29.0 Å². The fourth-order valence-corrected chi connectivity index (χ4v) is 3.78. The highest BCUT2D eigenvalue weighted by atomic mass is 19.2. The van der Waals surface area contributed by atoms with Crippen molar-refractivity contribution in [2.24, 2.45) is 0 Å². The van der Waals surface area contributed by atoms with E-state index in [4.69, 9.17) is 9.47 Å². The van der Waals surface area contributed by atoms with Crippen LogP contribution >= 0.6 is 0 Å². The summed E-state index contributed by atoms with van der Waals surface area (Å²) in [7, 11) is 0. The van der Waals surface area contributed by atoms with Gasteiger partial charge in [-0.3, -0.25) is 9.69 Å². The highest BCUT2D eigenvalue weighted by molar-refractivity contribution is 5.92. The average Bonchev–Trinajstić information content (AvgIpc) is 3.03. The zero-order valence-electron chi connectivity index (χ0n) is 15.7. The number of ether oxygens (including phenoxy) is 2. The van der Waals surface area contributed by atoms with Crippen molar-refractivity contribution in [1.82, 2.24) is 4.90 Å². The van der Waals surface area contributed by atoms with E-state index in [1.807, 2.05) is 23.1 Å². The van der Waals surface area contributed by atoms with Crippen molar-refractivity contribution < 1.29 is 27.4 Å². The lowest BCUT2D eigenvalue weighted by Crippen LogP contribution is -2.33. The fraction of sp³-hybridized carbons (Fsp3) is 0.381. The molecule has 1 N–H and O–H groups in total. The van der Waals surface area contributed by atoms with Crippen molar-refractivity contribution in [2.45, 2.75) is 25.3 Å². The summed E-state index contributed by atoms with van der Waals surface area (Å²) in [5.41, 5.74) is 0.638. The van der Waals surface area contributed by atoms with Crippen LogP contribution in [0.25, 0.3) is 0 Å². The molecule has 8 heteroatoms. The third-order valence-corrected chi connectivity index (χ3v) is 5.18. The number of hydrogen-bond acceptors (Lipinski definition) is 4. The lowest BCUT2D eigenvalue weighted by atomic mass is 10.0. The van der Waals surface area contributed by atoms with Crippen molar-refractivity contribution in [3.63, 3.8) is 0 Å². The minimum Gasteiger partial charge on any atom is -0.490 e. The molecule has 2 aromatic carbocycles. The predicted molar refractivity (Wildman–Crippen MR) is 101 cm³/mol. The smallest absolute Gasteiger partial charge is 0.238 e. The summed E-state index contributed by atoms with van der Waals surface area (Å²) in [6, 6.07) is 7.58. The van der Waals surface area contributed by atoms with E-state index < -0.39 is 23.4 Å². The van der Waals surface area contributed by atoms with Crippen molar-refractivity contribution in [1.29, 1.82) is 0 Å². The summed E-state index contributed by atoms with van der Waals surface area (Å²) in [6.07, 6.45) is 2.60. The van der Waals surface area contributed by atoms with Crippen molar-refractivity contribution in [3.05, 3.63) is 53.3 Å². The third kappa shape index (κ3) is 4.17. The zero-order chi connectivity index (χ0) is 20.4. The second-order valence-corrected chi connectivity index (χ2v) is 7.16. The standard InChI is InChI=1S/C21H21F3N2O3/c22-14-5-6-15(21(24)20(14)23)25-19(27)12-26-8-1-3-16(26)13-4-7-17-18(11-13)29-10-2-9-28-17/h4-7,11,16H,1-3,8-10,12H2,(H,25,27)/t16-/m1/s1. The Morgan fingerprint density at radius 2 is 1.83 bits per heavy atom. The Morgan fingerprint density at radius 1 is 1.03 bits per heavy atom. The van der Waals surface area contributed by atoms with Gasteiger partial charge in [0.2, 0.25) is 5.91 Å². The highest BCUT2D eigenvalue weighted by Crippen LogP contribution is 2.37. The predicted octanol–water partition coefficient (Wildman–Crippen LogP) is 4.04. The molecule has 2 heterocycles. The maximum Gasteiger partial charge on any atom is 0.238 e. The van der Waals surface area contributed by atoms with E-state index in [9.17, 15) is 18.0 Å². The first-order valence-electron chi connectivity index (χ1n) is 9.60. The summed E-state index contributed by atoms with van der Waals surface area (Å²) in [4.78, 5) is 14.4. The summed E-state index contributed by atoms with van der Waals surface area (Å²) in [5.74, 6) is -3.39. The average molecular weight is 406 g/mol. The van der Waals surface area contributed by atoms with Gasteiger partial charge in [0, 0.05) is 12.5 Å². The first kappa shape index (κ1) is 19.6. The van der Waals surface area contributed by atoms with Gasteiger partial charge in [0.25, 0.3) is 0 Å². The maximum atomic E-state index is 13.8. The number of benzene rings is 2. The molecule has 1 fully saturated rings. The van der Waals surface area contributed by atoms with E-state index in [1.54, 1.807) is 0 Å². The van der Waals surface area contributed by atoms with Gasteiger partial charge in [-0.15, -0.1) is 0 Å². The Morgan fingerprint density at radius 3 is 2.66 bits per heavy atom. The highest BCUT2D eigenvalue weighted by Gasteiger charge is 2.29. The minimum absolute atomic E-state index is 0.00713. The van der Waals surface area contributed by atoms with Gasteiger partial charge in [-0.25, -0.2) is 13.2 Å². The van der Waals surface area contributed by atoms with Gasteiger partial charge in [-0.05, 0) is 49.2 Å². The maximum absolute atomic E-state index is 13.8. The van der Waals surface area contributed by atoms with Crippen LogP contribution in [0.4, 0.5) is 18.9 Å². The molecule has 0 spiro atoms. The molecule has 5 nitrogen and oxygen atoms in total. The van der Waals surface area contributed by atoms with Gasteiger partial charge in [0.1, 0.15) is 0 Å². The van der Waals surface area contributed by atoms with Crippen LogP contribution in [0.2, 0.25) is 0 Å². The molecule has 2 aliphatic rings. The van der Waals surface area contributed by atoms with Crippen LogP contribution < -0.4 is 14.8 Å². The first-order chi connectivity index (χ1) is 14.0. The van der Waals surface area contributed by atoms with Gasteiger partial charge in [-0.1, -0.05) is 6.07 Å². The van der Waals surface area contributed by atoms with Crippen molar-refractivity contribution in [3.8, 4) is 11.5 Å². The van der Waals surface area contributed by atoms with Crippen LogP contribution in [0, 0.1) is 17.5 Å². The zero-order valence-corrected chi connectivity index (χ0v) is 15.7. The number of likely N-dealkylation sites (tertiary alicyclic amines) is 1. The number of hydrogen-bond donors (Lipinski definition) is 1. The molecule has 1 atom stereocenters. The largest absolute Gasteiger partial charge is 0.490 e. The van der Waals surface area contributed by atoms with E-state index in [2.05, 4.69) is 5.32 Å². The van der Waals surface area contributed by atoms with Crippen LogP contribution in [-0.2, 0) is 4.79 Å². The Bertz CT molecular complexity index is 922. The summed E-state index contributed by atoms with van der Waals surface area (Å²) in [5, 5.41) is 2.33. The lowest BCUT2D eigenvalue weighted by molar-refractivity contribution is -0.117. The Balaban J connectivity index is 1.46. The number of carbonyl (C=O) groups is 1. The molecule has 2 aromatic rings. The van der Waals surface area contributed by atoms with E-state index >= 15 is 0 Å². The molecule has 0 aliphatic carbocycles. The lowest BCUT2D eigenvalue weighted by Gasteiger charge is -2.25. The van der Waals surface area contributed by atoms with Gasteiger partial charge in [0.05, 0.1) is 25.4 Å². The summed E-state index contributed by atoms with van der Waals surface area (Å²) in [6.45, 7) is 1.92. The molecule has 1 amide bonds.